The van der Waals surface area contributed by atoms with Gasteiger partial charge in [0.25, 0.3) is 5.91 Å². The molecule has 0 saturated carbocycles. The van der Waals surface area contributed by atoms with Gasteiger partial charge in [0.2, 0.25) is 0 Å². The van der Waals surface area contributed by atoms with Gasteiger partial charge in [-0.2, -0.15) is 0 Å². The fraction of sp³-hybridized carbons (Fsp3) is 0.269. The van der Waals surface area contributed by atoms with Crippen LogP contribution in [0.5, 0.6) is 11.5 Å². The van der Waals surface area contributed by atoms with E-state index in [0.29, 0.717) is 30.3 Å². The number of amides is 1. The molecule has 0 spiro atoms. The molecule has 0 radical (unpaired) electrons. The van der Waals surface area contributed by atoms with Gasteiger partial charge in [0, 0.05) is 29.2 Å². The van der Waals surface area contributed by atoms with Crippen molar-refractivity contribution in [1.29, 1.82) is 0 Å². The summed E-state index contributed by atoms with van der Waals surface area (Å²) in [6.07, 6.45) is 0.880. The minimum Gasteiger partial charge on any atom is -0.493 e. The largest absolute Gasteiger partial charge is 0.493 e. The van der Waals surface area contributed by atoms with Crippen LogP contribution in [-0.4, -0.2) is 24.0 Å². The summed E-state index contributed by atoms with van der Waals surface area (Å²) >= 11 is 6.11. The molecule has 4 nitrogen and oxygen atoms in total. The molecular formula is C26H26ClNO3. The van der Waals surface area contributed by atoms with E-state index in [4.69, 9.17) is 21.1 Å². The maximum atomic E-state index is 13.2. The fourth-order valence-electron chi connectivity index (χ4n) is 3.84. The minimum atomic E-state index is 0.0288. The SMILES string of the molecule is CCOc1ccc(C(=O)N2CCc3ccccc3C2)cc1COc1ccc(Cl)c(C)c1. The van der Waals surface area contributed by atoms with Crippen molar-refractivity contribution < 1.29 is 14.3 Å². The van der Waals surface area contributed by atoms with Crippen molar-refractivity contribution in [3.05, 3.63) is 93.5 Å². The number of rotatable bonds is 6. The lowest BCUT2D eigenvalue weighted by Crippen LogP contribution is -2.36. The second kappa shape index (κ2) is 9.44. The molecule has 0 aromatic heterocycles. The van der Waals surface area contributed by atoms with Gasteiger partial charge >= 0.3 is 0 Å². The topological polar surface area (TPSA) is 38.8 Å². The van der Waals surface area contributed by atoms with Gasteiger partial charge in [-0.15, -0.1) is 0 Å². The number of halogens is 1. The van der Waals surface area contributed by atoms with Crippen molar-refractivity contribution in [2.45, 2.75) is 33.4 Å². The molecule has 1 amide bonds. The van der Waals surface area contributed by atoms with Crippen LogP contribution in [0.15, 0.2) is 60.7 Å². The predicted molar refractivity (Wildman–Crippen MR) is 123 cm³/mol. The Balaban J connectivity index is 1.53. The molecule has 0 saturated heterocycles. The number of benzene rings is 3. The Bertz CT molecular complexity index is 1100. The molecule has 1 aliphatic heterocycles. The molecule has 1 heterocycles. The molecule has 0 N–H and O–H groups in total. The molecule has 0 bridgehead atoms. The van der Waals surface area contributed by atoms with E-state index in [2.05, 4.69) is 18.2 Å². The first kappa shape index (κ1) is 21.3. The predicted octanol–water partition coefficient (Wildman–Crippen LogP) is 5.82. The summed E-state index contributed by atoms with van der Waals surface area (Å²) in [5.41, 5.74) is 4.99. The molecule has 0 aliphatic carbocycles. The molecule has 0 unspecified atom stereocenters. The second-order valence-corrected chi connectivity index (χ2v) is 8.11. The molecule has 3 aromatic carbocycles. The molecule has 160 valence electrons. The lowest BCUT2D eigenvalue weighted by atomic mass is 9.99. The zero-order valence-corrected chi connectivity index (χ0v) is 18.6. The van der Waals surface area contributed by atoms with Crippen molar-refractivity contribution >= 4 is 17.5 Å². The number of hydrogen-bond acceptors (Lipinski definition) is 3. The van der Waals surface area contributed by atoms with Gasteiger partial charge in [0.1, 0.15) is 18.1 Å². The van der Waals surface area contributed by atoms with Crippen molar-refractivity contribution in [3.63, 3.8) is 0 Å². The van der Waals surface area contributed by atoms with E-state index in [9.17, 15) is 4.79 Å². The van der Waals surface area contributed by atoms with Crippen LogP contribution in [0.3, 0.4) is 0 Å². The molecule has 0 atom stereocenters. The van der Waals surface area contributed by atoms with Gasteiger partial charge in [-0.1, -0.05) is 35.9 Å². The summed E-state index contributed by atoms with van der Waals surface area (Å²) in [6.45, 7) is 6.09. The average Bonchev–Trinajstić information content (AvgIpc) is 2.80. The maximum Gasteiger partial charge on any atom is 0.254 e. The molecule has 4 rings (SSSR count). The van der Waals surface area contributed by atoms with Gasteiger partial charge in [0.05, 0.1) is 6.61 Å². The monoisotopic (exact) mass is 435 g/mol. The van der Waals surface area contributed by atoms with Gasteiger partial charge in [-0.3, -0.25) is 4.79 Å². The van der Waals surface area contributed by atoms with Gasteiger partial charge < -0.3 is 14.4 Å². The van der Waals surface area contributed by atoms with E-state index in [1.54, 1.807) is 0 Å². The van der Waals surface area contributed by atoms with Gasteiger partial charge in [-0.25, -0.2) is 0 Å². The van der Waals surface area contributed by atoms with Crippen LogP contribution in [0.2, 0.25) is 5.02 Å². The Morgan fingerprint density at radius 1 is 1.03 bits per heavy atom. The Morgan fingerprint density at radius 2 is 1.84 bits per heavy atom. The molecule has 3 aromatic rings. The third-order valence-electron chi connectivity index (χ3n) is 5.55. The molecular weight excluding hydrogens is 410 g/mol. The van der Waals surface area contributed by atoms with E-state index in [-0.39, 0.29) is 5.91 Å². The summed E-state index contributed by atoms with van der Waals surface area (Å²) in [5.74, 6) is 1.49. The fourth-order valence-corrected chi connectivity index (χ4v) is 3.96. The van der Waals surface area contributed by atoms with Gasteiger partial charge in [-0.05, 0) is 73.4 Å². The summed E-state index contributed by atoms with van der Waals surface area (Å²) in [4.78, 5) is 15.1. The lowest BCUT2D eigenvalue weighted by Gasteiger charge is -2.29. The first-order valence-corrected chi connectivity index (χ1v) is 10.9. The highest BCUT2D eigenvalue weighted by Crippen LogP contribution is 2.27. The van der Waals surface area contributed by atoms with Crippen molar-refractivity contribution in [2.24, 2.45) is 0 Å². The Hall–Kier alpha value is -2.98. The molecule has 1 aliphatic rings. The number of carbonyl (C=O) groups is 1. The van der Waals surface area contributed by atoms with Crippen molar-refractivity contribution in [1.82, 2.24) is 4.90 Å². The van der Waals surface area contributed by atoms with Gasteiger partial charge in [0.15, 0.2) is 0 Å². The van der Waals surface area contributed by atoms with Crippen LogP contribution in [0, 0.1) is 6.92 Å². The number of carbonyl (C=O) groups excluding carboxylic acids is 1. The van der Waals surface area contributed by atoms with E-state index in [0.717, 1.165) is 35.6 Å². The van der Waals surface area contributed by atoms with Crippen LogP contribution >= 0.6 is 11.6 Å². The third-order valence-corrected chi connectivity index (χ3v) is 5.97. The van der Waals surface area contributed by atoms with Crippen LogP contribution in [0.4, 0.5) is 0 Å². The molecule has 5 heteroatoms. The zero-order valence-electron chi connectivity index (χ0n) is 17.9. The molecule has 0 fully saturated rings. The number of hydrogen-bond donors (Lipinski definition) is 0. The van der Waals surface area contributed by atoms with E-state index < -0.39 is 0 Å². The Morgan fingerprint density at radius 3 is 2.61 bits per heavy atom. The first-order valence-electron chi connectivity index (χ1n) is 10.6. The highest BCUT2D eigenvalue weighted by Gasteiger charge is 2.22. The summed E-state index contributed by atoms with van der Waals surface area (Å²) in [5, 5.41) is 0.707. The van der Waals surface area contributed by atoms with Crippen LogP contribution in [-0.2, 0) is 19.6 Å². The number of nitrogens with zero attached hydrogens (tertiary/aromatic N) is 1. The zero-order chi connectivity index (χ0) is 21.8. The van der Waals surface area contributed by atoms with Crippen LogP contribution < -0.4 is 9.47 Å². The standard InChI is InChI=1S/C26H26ClNO3/c1-3-30-25-11-8-20(15-22(25)17-31-23-9-10-24(27)18(2)14-23)26(29)28-13-12-19-6-4-5-7-21(19)16-28/h4-11,14-15H,3,12-13,16-17H2,1-2H3. The normalized spacial score (nSPS) is 12.9. The van der Waals surface area contributed by atoms with E-state index in [1.807, 2.05) is 61.2 Å². The lowest BCUT2D eigenvalue weighted by molar-refractivity contribution is 0.0734. The average molecular weight is 436 g/mol. The Kier molecular flexibility index (Phi) is 6.47. The van der Waals surface area contributed by atoms with Crippen LogP contribution in [0.1, 0.15) is 39.5 Å². The van der Waals surface area contributed by atoms with Crippen molar-refractivity contribution in [2.75, 3.05) is 13.2 Å². The number of aryl methyl sites for hydroxylation is 1. The van der Waals surface area contributed by atoms with E-state index in [1.165, 1.54) is 11.1 Å². The number of ether oxygens (including phenoxy) is 2. The second-order valence-electron chi connectivity index (χ2n) is 7.70. The Labute approximate surface area is 188 Å². The quantitative estimate of drug-likeness (QED) is 0.489. The van der Waals surface area contributed by atoms with E-state index >= 15 is 0 Å². The molecule has 31 heavy (non-hydrogen) atoms. The smallest absolute Gasteiger partial charge is 0.254 e. The minimum absolute atomic E-state index is 0.0288. The number of fused-ring (bicyclic) bond motifs is 1. The third kappa shape index (κ3) is 4.86. The highest BCUT2D eigenvalue weighted by molar-refractivity contribution is 6.31. The first-order chi connectivity index (χ1) is 15.0. The highest BCUT2D eigenvalue weighted by atomic mass is 35.5. The maximum absolute atomic E-state index is 13.2. The summed E-state index contributed by atoms with van der Waals surface area (Å²) < 4.78 is 11.7. The van der Waals surface area contributed by atoms with Crippen molar-refractivity contribution in [3.8, 4) is 11.5 Å². The van der Waals surface area contributed by atoms with Crippen LogP contribution in [0.25, 0.3) is 0 Å². The summed E-state index contributed by atoms with van der Waals surface area (Å²) in [7, 11) is 0. The summed E-state index contributed by atoms with van der Waals surface area (Å²) in [6, 6.07) is 19.5.